The predicted octanol–water partition coefficient (Wildman–Crippen LogP) is 6.37. The number of carbonyl (C=O) groups is 2. The molecular formula is C34H29N3O2. The molecule has 0 spiro atoms. The fourth-order valence-electron chi connectivity index (χ4n) is 4.68. The fourth-order valence-corrected chi connectivity index (χ4v) is 4.68. The van der Waals surface area contributed by atoms with Crippen molar-refractivity contribution in [2.75, 3.05) is 0 Å². The lowest BCUT2D eigenvalue weighted by Crippen LogP contribution is -2.44. The monoisotopic (exact) mass is 511 g/mol. The van der Waals surface area contributed by atoms with E-state index in [0.29, 0.717) is 0 Å². The van der Waals surface area contributed by atoms with Crippen LogP contribution in [0, 0.1) is 0 Å². The third kappa shape index (κ3) is 6.28. The van der Waals surface area contributed by atoms with Gasteiger partial charge in [-0.1, -0.05) is 127 Å². The number of carbonyl (C=O) groups excluding carboxylic acids is 2. The van der Waals surface area contributed by atoms with Gasteiger partial charge in [0.25, 0.3) is 5.91 Å². The second-order valence-corrected chi connectivity index (χ2v) is 9.21. The van der Waals surface area contributed by atoms with Crippen molar-refractivity contribution in [2.45, 2.75) is 18.6 Å². The highest BCUT2D eigenvalue weighted by Crippen LogP contribution is 2.28. The van der Waals surface area contributed by atoms with Crippen molar-refractivity contribution in [3.8, 4) is 0 Å². The lowest BCUT2D eigenvalue weighted by Gasteiger charge is -2.33. The zero-order valence-electron chi connectivity index (χ0n) is 21.4. The van der Waals surface area contributed by atoms with E-state index in [1.165, 1.54) is 0 Å². The van der Waals surface area contributed by atoms with Crippen molar-refractivity contribution in [1.82, 2.24) is 15.2 Å². The molecule has 5 rings (SSSR count). The van der Waals surface area contributed by atoms with Gasteiger partial charge >= 0.3 is 0 Å². The summed E-state index contributed by atoms with van der Waals surface area (Å²) in [5, 5.41) is 3.27. The number of hydrogen-bond donors (Lipinski definition) is 1. The third-order valence-electron chi connectivity index (χ3n) is 6.57. The van der Waals surface area contributed by atoms with E-state index in [2.05, 4.69) is 10.3 Å². The molecule has 5 heteroatoms. The molecule has 0 saturated heterocycles. The molecule has 0 bridgehead atoms. The minimum absolute atomic E-state index is 0.241. The van der Waals surface area contributed by atoms with Crippen molar-refractivity contribution in [3.63, 3.8) is 0 Å². The van der Waals surface area contributed by atoms with Gasteiger partial charge in [-0.05, 0) is 34.4 Å². The van der Waals surface area contributed by atoms with Crippen LogP contribution in [0.5, 0.6) is 0 Å². The van der Waals surface area contributed by atoms with Crippen LogP contribution < -0.4 is 5.32 Å². The number of aromatic nitrogens is 1. The van der Waals surface area contributed by atoms with Gasteiger partial charge in [-0.2, -0.15) is 0 Å². The molecule has 39 heavy (non-hydrogen) atoms. The van der Waals surface area contributed by atoms with Gasteiger partial charge in [0.1, 0.15) is 11.7 Å². The fraction of sp³-hybridized carbons (Fsp3) is 0.0882. The van der Waals surface area contributed by atoms with E-state index in [-0.39, 0.29) is 24.1 Å². The maximum atomic E-state index is 14.3. The number of benzene rings is 4. The minimum atomic E-state index is -0.893. The molecule has 1 N–H and O–H groups in total. The highest BCUT2D eigenvalue weighted by atomic mass is 16.2. The van der Waals surface area contributed by atoms with E-state index in [9.17, 15) is 9.59 Å². The standard InChI is InChI=1S/C34H29N3O2/c38-33(36-31(27-17-7-2-8-18-27)28-19-9-3-10-20-28)32(29-21-11-4-12-22-29)37(25-26-15-5-1-6-16-26)34(39)30-23-13-14-24-35-30/h1-24,31-32H,25H2,(H,36,38). The number of pyridine rings is 1. The molecule has 4 aromatic carbocycles. The van der Waals surface area contributed by atoms with Crippen LogP contribution in [0.25, 0.3) is 0 Å². The summed E-state index contributed by atoms with van der Waals surface area (Å²) in [4.78, 5) is 34.2. The minimum Gasteiger partial charge on any atom is -0.343 e. The third-order valence-corrected chi connectivity index (χ3v) is 6.57. The van der Waals surface area contributed by atoms with Crippen molar-refractivity contribution in [2.24, 2.45) is 0 Å². The molecule has 2 amide bonds. The van der Waals surface area contributed by atoms with Crippen LogP contribution in [-0.2, 0) is 11.3 Å². The average molecular weight is 512 g/mol. The van der Waals surface area contributed by atoms with Crippen LogP contribution in [0.3, 0.4) is 0 Å². The molecule has 1 aromatic heterocycles. The summed E-state index contributed by atoms with van der Waals surface area (Å²) in [7, 11) is 0. The molecule has 192 valence electrons. The van der Waals surface area contributed by atoms with Crippen LogP contribution in [-0.4, -0.2) is 21.7 Å². The number of amides is 2. The Balaban J connectivity index is 1.58. The van der Waals surface area contributed by atoms with Gasteiger partial charge in [0.2, 0.25) is 5.91 Å². The number of rotatable bonds is 9. The molecule has 5 aromatic rings. The van der Waals surface area contributed by atoms with Gasteiger partial charge in [0.15, 0.2) is 0 Å². The summed E-state index contributed by atoms with van der Waals surface area (Å²) in [6.45, 7) is 0.241. The summed E-state index contributed by atoms with van der Waals surface area (Å²) >= 11 is 0. The van der Waals surface area contributed by atoms with Crippen LogP contribution in [0.4, 0.5) is 0 Å². The van der Waals surface area contributed by atoms with Gasteiger partial charge in [-0.15, -0.1) is 0 Å². The Morgan fingerprint density at radius 1 is 0.615 bits per heavy atom. The van der Waals surface area contributed by atoms with Gasteiger partial charge in [-0.3, -0.25) is 14.6 Å². The largest absolute Gasteiger partial charge is 0.343 e. The number of nitrogens with one attached hydrogen (secondary N) is 1. The number of hydrogen-bond acceptors (Lipinski definition) is 3. The van der Waals surface area contributed by atoms with Crippen molar-refractivity contribution < 1.29 is 9.59 Å². The van der Waals surface area contributed by atoms with E-state index >= 15 is 0 Å². The van der Waals surface area contributed by atoms with Gasteiger partial charge < -0.3 is 10.2 Å². The Kier molecular flexibility index (Phi) is 8.19. The first kappa shape index (κ1) is 25.6. The topological polar surface area (TPSA) is 62.3 Å². The highest BCUT2D eigenvalue weighted by Gasteiger charge is 2.34. The van der Waals surface area contributed by atoms with E-state index in [1.54, 1.807) is 29.3 Å². The zero-order chi connectivity index (χ0) is 26.9. The summed E-state index contributed by atoms with van der Waals surface area (Å²) in [5.41, 5.74) is 3.82. The molecule has 5 nitrogen and oxygen atoms in total. The Hall–Kier alpha value is -5.03. The lowest BCUT2D eigenvalue weighted by molar-refractivity contribution is -0.126. The first-order valence-corrected chi connectivity index (χ1v) is 12.9. The normalized spacial score (nSPS) is 11.5. The van der Waals surface area contributed by atoms with Crippen molar-refractivity contribution in [1.29, 1.82) is 0 Å². The van der Waals surface area contributed by atoms with Gasteiger partial charge in [-0.25, -0.2) is 0 Å². The molecule has 0 saturated carbocycles. The maximum absolute atomic E-state index is 14.3. The molecule has 1 unspecified atom stereocenters. The maximum Gasteiger partial charge on any atom is 0.273 e. The van der Waals surface area contributed by atoms with Crippen LogP contribution >= 0.6 is 0 Å². The molecule has 0 aliphatic rings. The quantitative estimate of drug-likeness (QED) is 0.250. The van der Waals surface area contributed by atoms with E-state index in [0.717, 1.165) is 22.3 Å². The lowest BCUT2D eigenvalue weighted by atomic mass is 9.97. The second-order valence-electron chi connectivity index (χ2n) is 9.21. The first-order valence-electron chi connectivity index (χ1n) is 12.9. The van der Waals surface area contributed by atoms with Gasteiger partial charge in [0.05, 0.1) is 6.04 Å². The predicted molar refractivity (Wildman–Crippen MR) is 153 cm³/mol. The van der Waals surface area contributed by atoms with Crippen LogP contribution in [0.15, 0.2) is 146 Å². The Bertz CT molecular complexity index is 1440. The summed E-state index contributed by atoms with van der Waals surface area (Å²) in [6.07, 6.45) is 1.59. The molecule has 1 heterocycles. The highest BCUT2D eigenvalue weighted by molar-refractivity contribution is 5.96. The van der Waals surface area contributed by atoms with Gasteiger partial charge in [0, 0.05) is 12.7 Å². The van der Waals surface area contributed by atoms with Crippen LogP contribution in [0.2, 0.25) is 0 Å². The van der Waals surface area contributed by atoms with E-state index in [1.807, 2.05) is 121 Å². The number of nitrogens with zero attached hydrogens (tertiary/aromatic N) is 2. The van der Waals surface area contributed by atoms with Crippen LogP contribution in [0.1, 0.15) is 44.8 Å². The molecule has 1 atom stereocenters. The van der Waals surface area contributed by atoms with Crippen molar-refractivity contribution >= 4 is 11.8 Å². The molecular weight excluding hydrogens is 482 g/mol. The first-order chi connectivity index (χ1) is 19.2. The Morgan fingerprint density at radius 3 is 1.62 bits per heavy atom. The SMILES string of the molecule is O=C(NC(c1ccccc1)c1ccccc1)C(c1ccccc1)N(Cc1ccccc1)C(=O)c1ccccn1. The smallest absolute Gasteiger partial charge is 0.273 e. The molecule has 0 fully saturated rings. The summed E-state index contributed by atoms with van der Waals surface area (Å²) in [5.74, 6) is -0.599. The van der Waals surface area contributed by atoms with E-state index in [4.69, 9.17) is 0 Å². The second kappa shape index (κ2) is 12.5. The van der Waals surface area contributed by atoms with E-state index < -0.39 is 12.1 Å². The summed E-state index contributed by atoms with van der Waals surface area (Å²) in [6, 6.07) is 42.8. The molecule has 0 aliphatic heterocycles. The molecule has 0 radical (unpaired) electrons. The summed E-state index contributed by atoms with van der Waals surface area (Å²) < 4.78 is 0. The Morgan fingerprint density at radius 2 is 1.10 bits per heavy atom. The zero-order valence-corrected chi connectivity index (χ0v) is 21.4. The Labute approximate surface area is 228 Å². The van der Waals surface area contributed by atoms with Crippen molar-refractivity contribution in [3.05, 3.63) is 174 Å². The molecule has 0 aliphatic carbocycles. The average Bonchev–Trinajstić information content (AvgIpc) is 3.01.